The van der Waals surface area contributed by atoms with Gasteiger partial charge < -0.3 is 16.6 Å². The molecular weight excluding hydrogens is 142 g/mol. The molecule has 1 aliphatic rings. The van der Waals surface area contributed by atoms with E-state index in [-0.39, 0.29) is 6.15 Å². The summed E-state index contributed by atoms with van der Waals surface area (Å²) in [5.74, 6) is 0. The zero-order valence-corrected chi connectivity index (χ0v) is 7.09. The fraction of sp³-hybridized carbons (Fsp3) is 1.00. The number of hydrogen-bond donors (Lipinski definition) is 2. The van der Waals surface area contributed by atoms with Crippen LogP contribution in [0.3, 0.4) is 0 Å². The van der Waals surface area contributed by atoms with Crippen molar-refractivity contribution in [2.24, 2.45) is 5.73 Å². The average Bonchev–Trinajstić information content (AvgIpc) is 2.03. The molecule has 0 spiro atoms. The summed E-state index contributed by atoms with van der Waals surface area (Å²) in [6.45, 7) is 5.90. The largest absolute Gasteiger partial charge is 0.379 e. The minimum atomic E-state index is 0. The van der Waals surface area contributed by atoms with E-state index in [1.807, 2.05) is 0 Å². The van der Waals surface area contributed by atoms with Crippen molar-refractivity contribution in [3.63, 3.8) is 0 Å². The molecule has 0 aromatic heterocycles. The first kappa shape index (κ1) is 10.8. The van der Waals surface area contributed by atoms with Crippen LogP contribution in [0, 0.1) is 0 Å². The Labute approximate surface area is 68.3 Å². The van der Waals surface area contributed by atoms with E-state index in [1.54, 1.807) is 0 Å². The molecule has 1 fully saturated rings. The third-order valence-electron chi connectivity index (χ3n) is 1.78. The number of hydrogen-bond acceptors (Lipinski definition) is 4. The van der Waals surface area contributed by atoms with Gasteiger partial charge >= 0.3 is 0 Å². The standard InChI is InChI=1S/C7H16N2O.H3N/c8-2-1-3-9-4-6-10-7-5-9;/h1-8H2;1H3. The summed E-state index contributed by atoms with van der Waals surface area (Å²) in [5.41, 5.74) is 5.39. The topological polar surface area (TPSA) is 73.5 Å². The second-order valence-electron chi connectivity index (χ2n) is 2.60. The van der Waals surface area contributed by atoms with Gasteiger partial charge in [-0.25, -0.2) is 0 Å². The quantitative estimate of drug-likeness (QED) is 0.602. The van der Waals surface area contributed by atoms with Crippen LogP contribution >= 0.6 is 0 Å². The minimum absolute atomic E-state index is 0. The fourth-order valence-electron chi connectivity index (χ4n) is 1.14. The van der Waals surface area contributed by atoms with Crippen molar-refractivity contribution in [1.82, 2.24) is 11.1 Å². The number of ether oxygens (including phenoxy) is 1. The minimum Gasteiger partial charge on any atom is -0.379 e. The Kier molecular flexibility index (Phi) is 6.45. The van der Waals surface area contributed by atoms with Gasteiger partial charge in [0.1, 0.15) is 0 Å². The van der Waals surface area contributed by atoms with Gasteiger partial charge in [0.15, 0.2) is 0 Å². The Morgan fingerprint density at radius 3 is 2.45 bits per heavy atom. The van der Waals surface area contributed by atoms with Crippen molar-refractivity contribution in [3.8, 4) is 0 Å². The highest BCUT2D eigenvalue weighted by Gasteiger charge is 2.07. The first-order chi connectivity index (χ1) is 4.93. The lowest BCUT2D eigenvalue weighted by atomic mass is 10.3. The monoisotopic (exact) mass is 161 g/mol. The molecule has 1 heterocycles. The van der Waals surface area contributed by atoms with Crippen LogP contribution < -0.4 is 11.9 Å². The molecule has 1 rings (SSSR count). The highest BCUT2D eigenvalue weighted by Crippen LogP contribution is 1.96. The van der Waals surface area contributed by atoms with Gasteiger partial charge in [0.2, 0.25) is 0 Å². The van der Waals surface area contributed by atoms with Crippen molar-refractivity contribution < 1.29 is 4.74 Å². The molecule has 0 bridgehead atoms. The van der Waals surface area contributed by atoms with Gasteiger partial charge in [-0.05, 0) is 19.5 Å². The van der Waals surface area contributed by atoms with Crippen LogP contribution in [0.4, 0.5) is 0 Å². The van der Waals surface area contributed by atoms with Crippen LogP contribution in [0.15, 0.2) is 0 Å². The third-order valence-corrected chi connectivity index (χ3v) is 1.78. The molecule has 0 amide bonds. The van der Waals surface area contributed by atoms with Crippen LogP contribution in [0.25, 0.3) is 0 Å². The van der Waals surface area contributed by atoms with Crippen molar-refractivity contribution in [3.05, 3.63) is 0 Å². The second-order valence-corrected chi connectivity index (χ2v) is 2.60. The zero-order valence-electron chi connectivity index (χ0n) is 7.09. The molecule has 0 aromatic rings. The molecule has 0 unspecified atom stereocenters. The Bertz CT molecular complexity index is 83.8. The summed E-state index contributed by atoms with van der Waals surface area (Å²) >= 11 is 0. The van der Waals surface area contributed by atoms with Crippen molar-refractivity contribution in [2.45, 2.75) is 6.42 Å². The molecule has 0 aliphatic carbocycles. The summed E-state index contributed by atoms with van der Waals surface area (Å²) in [5, 5.41) is 0. The summed E-state index contributed by atoms with van der Waals surface area (Å²) in [6, 6.07) is 0. The maximum atomic E-state index is 5.39. The lowest BCUT2D eigenvalue weighted by Crippen LogP contribution is -2.37. The third kappa shape index (κ3) is 4.31. The first-order valence-electron chi connectivity index (χ1n) is 3.93. The van der Waals surface area contributed by atoms with E-state index in [9.17, 15) is 0 Å². The normalized spacial score (nSPS) is 19.4. The molecular formula is C7H19N3O. The van der Waals surface area contributed by atoms with Crippen LogP contribution in [0.2, 0.25) is 0 Å². The Hall–Kier alpha value is -0.160. The molecule has 5 N–H and O–H groups in total. The van der Waals surface area contributed by atoms with Gasteiger partial charge in [0, 0.05) is 13.1 Å². The van der Waals surface area contributed by atoms with Crippen LogP contribution in [-0.4, -0.2) is 44.3 Å². The molecule has 0 atom stereocenters. The molecule has 68 valence electrons. The van der Waals surface area contributed by atoms with E-state index in [2.05, 4.69) is 4.90 Å². The van der Waals surface area contributed by atoms with E-state index in [0.717, 1.165) is 45.8 Å². The van der Waals surface area contributed by atoms with E-state index in [1.165, 1.54) is 0 Å². The Morgan fingerprint density at radius 1 is 1.27 bits per heavy atom. The molecule has 1 saturated heterocycles. The number of nitrogens with zero attached hydrogens (tertiary/aromatic N) is 1. The van der Waals surface area contributed by atoms with E-state index < -0.39 is 0 Å². The van der Waals surface area contributed by atoms with Gasteiger partial charge in [0.05, 0.1) is 13.2 Å². The van der Waals surface area contributed by atoms with Gasteiger partial charge in [-0.15, -0.1) is 0 Å². The van der Waals surface area contributed by atoms with Crippen LogP contribution in [-0.2, 0) is 4.74 Å². The Balaban J connectivity index is 0.000001000. The van der Waals surface area contributed by atoms with Crippen LogP contribution in [0.1, 0.15) is 6.42 Å². The Morgan fingerprint density at radius 2 is 1.91 bits per heavy atom. The molecule has 0 saturated carbocycles. The maximum Gasteiger partial charge on any atom is 0.0594 e. The highest BCUT2D eigenvalue weighted by molar-refractivity contribution is 4.61. The van der Waals surface area contributed by atoms with E-state index in [4.69, 9.17) is 10.5 Å². The van der Waals surface area contributed by atoms with Crippen molar-refractivity contribution >= 4 is 0 Å². The maximum absolute atomic E-state index is 5.39. The molecule has 4 nitrogen and oxygen atoms in total. The highest BCUT2D eigenvalue weighted by atomic mass is 16.5. The van der Waals surface area contributed by atoms with Crippen molar-refractivity contribution in [2.75, 3.05) is 39.4 Å². The summed E-state index contributed by atoms with van der Waals surface area (Å²) in [6.07, 6.45) is 1.11. The van der Waals surface area contributed by atoms with Crippen molar-refractivity contribution in [1.29, 1.82) is 0 Å². The number of nitrogens with two attached hydrogens (primary N) is 1. The second kappa shape index (κ2) is 6.54. The molecule has 1 aliphatic heterocycles. The predicted molar refractivity (Wildman–Crippen MR) is 46.0 cm³/mol. The predicted octanol–water partition coefficient (Wildman–Crippen LogP) is -0.171. The molecule has 11 heavy (non-hydrogen) atoms. The van der Waals surface area contributed by atoms with Gasteiger partial charge in [0.25, 0.3) is 0 Å². The number of morpholine rings is 1. The summed E-state index contributed by atoms with van der Waals surface area (Å²) in [4.78, 5) is 2.40. The summed E-state index contributed by atoms with van der Waals surface area (Å²) in [7, 11) is 0. The molecule has 0 aromatic carbocycles. The molecule has 4 heteroatoms. The van der Waals surface area contributed by atoms with E-state index in [0.29, 0.717) is 0 Å². The lowest BCUT2D eigenvalue weighted by molar-refractivity contribution is 0.0377. The zero-order chi connectivity index (χ0) is 7.23. The summed E-state index contributed by atoms with van der Waals surface area (Å²) < 4.78 is 5.21. The van der Waals surface area contributed by atoms with Gasteiger partial charge in [-0.1, -0.05) is 0 Å². The van der Waals surface area contributed by atoms with Gasteiger partial charge in [-0.3, -0.25) is 4.90 Å². The molecule has 0 radical (unpaired) electrons. The average molecular weight is 161 g/mol. The smallest absolute Gasteiger partial charge is 0.0594 e. The van der Waals surface area contributed by atoms with Gasteiger partial charge in [-0.2, -0.15) is 0 Å². The lowest BCUT2D eigenvalue weighted by Gasteiger charge is -2.26. The SMILES string of the molecule is N.NCCCN1CCOCC1. The number of rotatable bonds is 3. The van der Waals surface area contributed by atoms with E-state index >= 15 is 0 Å². The first-order valence-corrected chi connectivity index (χ1v) is 3.93. The fourth-order valence-corrected chi connectivity index (χ4v) is 1.14. The van der Waals surface area contributed by atoms with Crippen LogP contribution in [0.5, 0.6) is 0 Å².